The monoisotopic (exact) mass is 1500 g/mol. The Labute approximate surface area is 602 Å². The lowest BCUT2D eigenvalue weighted by atomic mass is 9.96. The van der Waals surface area contributed by atoms with Crippen molar-refractivity contribution in [1.82, 2.24) is 69.8 Å². The van der Waals surface area contributed by atoms with Gasteiger partial charge in [0.2, 0.25) is 37.8 Å². The Morgan fingerprint density at radius 2 is 0.900 bits per heavy atom. The number of likely N-dealkylation sites (tertiary alicyclic amines) is 1. The summed E-state index contributed by atoms with van der Waals surface area (Å²) < 4.78 is 50.0. The zero-order valence-corrected chi connectivity index (χ0v) is 60.9. The maximum Gasteiger partial charge on any atom is 0.222 e. The number of aromatic amines is 5. The number of H-pyrrole nitrogens is 5. The number of halogens is 5. The Morgan fingerprint density at radius 1 is 0.480 bits per heavy atom. The lowest BCUT2D eigenvalue weighted by Crippen LogP contribution is -2.53. The van der Waals surface area contributed by atoms with Gasteiger partial charge in [0.05, 0.1) is 83.0 Å². The average Bonchev–Trinajstić information content (AvgIpc) is 1.60. The van der Waals surface area contributed by atoms with Gasteiger partial charge in [-0.1, -0.05) is 58.0 Å². The van der Waals surface area contributed by atoms with Crippen molar-refractivity contribution in [2.75, 3.05) is 109 Å². The molecule has 10 aromatic rings. The molecule has 12 heterocycles. The molecule has 7 aliphatic rings. The van der Waals surface area contributed by atoms with E-state index in [-0.39, 0.29) is 47.8 Å². The van der Waals surface area contributed by atoms with Gasteiger partial charge in [0.25, 0.3) is 0 Å². The van der Waals surface area contributed by atoms with Gasteiger partial charge in [0.15, 0.2) is 0 Å². The zero-order chi connectivity index (χ0) is 70.6. The van der Waals surface area contributed by atoms with Crippen LogP contribution in [-0.2, 0) is 34.4 Å². The van der Waals surface area contributed by atoms with Crippen LogP contribution in [0.1, 0.15) is 52.9 Å². The molecule has 530 valence electrons. The number of rotatable bonds is 9. The van der Waals surface area contributed by atoms with Gasteiger partial charge in [-0.05, 0) is 99.7 Å². The molecule has 0 aliphatic carbocycles. The van der Waals surface area contributed by atoms with Gasteiger partial charge in [0, 0.05) is 197 Å². The summed E-state index contributed by atoms with van der Waals surface area (Å²) in [5, 5.41) is 46.6. The summed E-state index contributed by atoms with van der Waals surface area (Å²) in [6.07, 6.45) is 16.2. The summed E-state index contributed by atoms with van der Waals surface area (Å²) in [7, 11) is -6.26. The van der Waals surface area contributed by atoms with E-state index in [1.165, 1.54) is 16.8 Å². The summed E-state index contributed by atoms with van der Waals surface area (Å²) in [5.74, 6) is -0.118. The highest BCUT2D eigenvalue weighted by Gasteiger charge is 2.48. The van der Waals surface area contributed by atoms with Crippen molar-refractivity contribution in [3.8, 4) is 0 Å². The number of benzene rings is 5. The van der Waals surface area contributed by atoms with Gasteiger partial charge in [-0.2, -0.15) is 34.1 Å². The van der Waals surface area contributed by atoms with Crippen molar-refractivity contribution in [3.05, 3.63) is 117 Å². The number of aromatic nitrogens is 10. The van der Waals surface area contributed by atoms with Gasteiger partial charge in [-0.25, -0.2) is 16.8 Å². The third kappa shape index (κ3) is 15.0. The number of hydrogen-bond donors (Lipinski definition) is 7. The van der Waals surface area contributed by atoms with E-state index in [2.05, 4.69) is 80.8 Å². The molecule has 0 spiro atoms. The van der Waals surface area contributed by atoms with Crippen molar-refractivity contribution >= 4 is 179 Å². The lowest BCUT2D eigenvalue weighted by Gasteiger charge is -2.40. The van der Waals surface area contributed by atoms with Crippen LogP contribution in [0.4, 0.5) is 28.4 Å². The largest absolute Gasteiger partial charge is 0.370 e. The van der Waals surface area contributed by atoms with E-state index < -0.39 is 20.0 Å². The third-order valence-corrected chi connectivity index (χ3v) is 23.5. The van der Waals surface area contributed by atoms with Gasteiger partial charge in [0.1, 0.15) is 0 Å². The predicted octanol–water partition coefficient (Wildman–Crippen LogP) is 9.00. The fourth-order valence-electron chi connectivity index (χ4n) is 15.3. The molecule has 5 aromatic heterocycles. The molecular weight excluding hydrogens is 1430 g/mol. The van der Waals surface area contributed by atoms with Gasteiger partial charge in [-0.15, -0.1) is 0 Å². The van der Waals surface area contributed by atoms with E-state index >= 15 is 0 Å². The Bertz CT molecular complexity index is 4880. The highest BCUT2D eigenvalue weighted by atomic mass is 35.5. The molecule has 34 heteroatoms. The number of carbonyl (C=O) groups excluding carboxylic acids is 3. The fourth-order valence-corrected chi connectivity index (χ4v) is 18.4. The number of fused-ring (bicyclic) bond motifs is 9. The molecule has 27 nitrogen and oxygen atoms in total. The molecule has 7 atom stereocenters. The van der Waals surface area contributed by atoms with Crippen molar-refractivity contribution in [1.29, 1.82) is 0 Å². The van der Waals surface area contributed by atoms with Crippen LogP contribution in [0.15, 0.2) is 91.6 Å². The first-order valence-corrected chi connectivity index (χ1v) is 38.5. The average molecular weight is 1500 g/mol. The minimum Gasteiger partial charge on any atom is -0.370 e. The number of nitrogens with two attached hydrogens (primary N) is 1. The summed E-state index contributed by atoms with van der Waals surface area (Å²) in [6, 6.07) is 20.3. The highest BCUT2D eigenvalue weighted by Crippen LogP contribution is 2.42. The predicted molar refractivity (Wildman–Crippen MR) is 395 cm³/mol. The number of sulfonamides is 2. The molecule has 7 fully saturated rings. The minimum atomic E-state index is -3.14. The number of piperazine rings is 3. The van der Waals surface area contributed by atoms with E-state index in [0.717, 1.165) is 148 Å². The van der Waals surface area contributed by atoms with Crippen molar-refractivity contribution in [2.45, 2.75) is 89.1 Å². The molecule has 7 aliphatic heterocycles. The molecule has 8 N–H and O–H groups in total. The van der Waals surface area contributed by atoms with Crippen LogP contribution in [0.25, 0.3) is 54.5 Å². The molecule has 100 heavy (non-hydrogen) atoms. The molecule has 0 saturated carbocycles. The van der Waals surface area contributed by atoms with E-state index in [4.69, 9.17) is 63.7 Å². The van der Waals surface area contributed by atoms with Crippen LogP contribution in [0.3, 0.4) is 0 Å². The van der Waals surface area contributed by atoms with Crippen LogP contribution in [0.2, 0.25) is 25.1 Å². The van der Waals surface area contributed by atoms with Crippen LogP contribution < -0.4 is 35.6 Å². The SMILES string of the molecule is CC(=O)N1CC2CC1CN2c1cc(Cl)cc2[nH]ncc12.CC(=O)NC1CCN(c2cc(Cl)cc3[nH]ncc23)C1.CS(=O)(=O)N1CC2CC1CN2c1cc(Cl)cc2[nH]ncc12.C[C@H]1CN(S(C)(=O)=O)CCN1c1cc(Cl)cc2[nH]ncc12.NC(=O)C1CCCN(c2cc(Cl)cc3[nH]ncc23)C1. The van der Waals surface area contributed by atoms with Gasteiger partial charge < -0.3 is 40.4 Å². The number of nitrogens with zero attached hydrogens (tertiary/aromatic N) is 13. The molecule has 17 rings (SSSR count). The summed E-state index contributed by atoms with van der Waals surface area (Å²) >= 11 is 30.8. The van der Waals surface area contributed by atoms with Crippen molar-refractivity contribution in [2.24, 2.45) is 11.7 Å². The first-order valence-electron chi connectivity index (χ1n) is 32.9. The molecule has 4 bridgehead atoms. The second-order valence-corrected chi connectivity index (χ2v) is 32.8. The van der Waals surface area contributed by atoms with E-state index in [9.17, 15) is 31.2 Å². The van der Waals surface area contributed by atoms with Crippen LogP contribution in [0.5, 0.6) is 0 Å². The Hall–Kier alpha value is -7.87. The second kappa shape index (κ2) is 28.9. The topological polar surface area (TPSA) is 327 Å². The fraction of sp³-hybridized carbons (Fsp3) is 0.424. The first-order chi connectivity index (χ1) is 47.7. The molecule has 6 unspecified atom stereocenters. The Balaban J connectivity index is 0.000000112. The van der Waals surface area contributed by atoms with E-state index in [1.54, 1.807) is 36.7 Å². The molecule has 7 saturated heterocycles. The molecular formula is C66H77Cl5N20O7S2. The van der Waals surface area contributed by atoms with E-state index in [0.29, 0.717) is 76.5 Å². The molecule has 5 aromatic carbocycles. The smallest absolute Gasteiger partial charge is 0.222 e. The lowest BCUT2D eigenvalue weighted by molar-refractivity contribution is -0.130. The molecule has 3 amide bonds. The van der Waals surface area contributed by atoms with Crippen molar-refractivity contribution in [3.63, 3.8) is 0 Å². The Morgan fingerprint density at radius 3 is 1.29 bits per heavy atom. The number of piperidine rings is 1. The number of amides is 3. The number of hydrogen-bond acceptors (Lipinski definition) is 17. The van der Waals surface area contributed by atoms with Crippen LogP contribution >= 0.6 is 58.0 Å². The summed E-state index contributed by atoms with van der Waals surface area (Å²) in [6.45, 7) is 13.0. The molecule has 0 radical (unpaired) electrons. The number of primary amides is 1. The zero-order valence-electron chi connectivity index (χ0n) is 55.5. The normalized spacial score (nSPS) is 22.3. The second-order valence-electron chi connectivity index (χ2n) is 26.7. The third-order valence-electron chi connectivity index (χ3n) is 19.9. The number of carbonyl (C=O) groups is 3. The minimum absolute atomic E-state index is 0.0198. The quantitative estimate of drug-likeness (QED) is 0.0708. The first kappa shape index (κ1) is 70.6. The number of anilines is 5. The Kier molecular flexibility index (Phi) is 20.4. The van der Waals surface area contributed by atoms with Crippen LogP contribution in [-0.4, -0.2) is 220 Å². The van der Waals surface area contributed by atoms with Crippen LogP contribution in [0, 0.1) is 5.92 Å². The van der Waals surface area contributed by atoms with Gasteiger partial charge >= 0.3 is 0 Å². The standard InChI is InChI=1S/C14H15ClN4O.C13H15ClN4O2S.C13H17ClN4O2S.2C13H15ClN4O/c1-8(20)18-6-11-4-10(18)7-19(11)14-3-9(15)2-13-12(14)5-16-17-13;1-21(19,20)18-7-9-4-10(18)6-17(9)13-3-8(14)2-12-11(13)5-15-16-12;1-9-8-17(21(2,19)20)3-4-18(9)13-6-10(14)5-12-11(13)7-15-16-12;1-8(19)16-10-2-3-18(7-10)13-5-9(14)4-12-11(13)6-15-17-12;14-9-4-11-10(6-16-17-11)12(5-9)18-3-1-2-8(7-18)13(15)19/h2-3,5,10-11H,4,6-7H2,1H3,(H,16,17);2-3,5,9-10H,4,6-7H2,1H3,(H,15,16);5-7,9H,3-4,8H2,1-2H3,(H,15,16);4-6,10H,2-3,7H2,1H3,(H,15,17)(H,16,19);4-6,8H,1-3,7H2,(H2,15,19)(H,16,17)/t;;9-;;/m..0../s1. The van der Waals surface area contributed by atoms with Crippen molar-refractivity contribution < 1.29 is 31.2 Å². The maximum absolute atomic E-state index is 11.8. The highest BCUT2D eigenvalue weighted by molar-refractivity contribution is 7.88. The van der Waals surface area contributed by atoms with Gasteiger partial charge in [-0.3, -0.25) is 39.9 Å². The summed E-state index contributed by atoms with van der Waals surface area (Å²) in [5.41, 5.74) is 15.2. The number of nitrogens with one attached hydrogen (secondary N) is 6. The van der Waals surface area contributed by atoms with E-state index in [1.807, 2.05) is 84.9 Å². The summed E-state index contributed by atoms with van der Waals surface area (Å²) in [4.78, 5) is 47.2. The maximum atomic E-state index is 11.8.